The maximum absolute atomic E-state index is 6.16. The number of halogens is 1. The number of ether oxygens (including phenoxy) is 1. The van der Waals surface area contributed by atoms with Crippen molar-refractivity contribution in [2.45, 2.75) is 52.1 Å². The highest BCUT2D eigenvalue weighted by Gasteiger charge is 2.21. The highest BCUT2D eigenvalue weighted by Crippen LogP contribution is 2.30. The lowest BCUT2D eigenvalue weighted by Crippen LogP contribution is -2.24. The lowest BCUT2D eigenvalue weighted by atomic mass is 9.86. The van der Waals surface area contributed by atoms with E-state index in [2.05, 4.69) is 31.8 Å². The van der Waals surface area contributed by atoms with Crippen molar-refractivity contribution < 1.29 is 4.74 Å². The van der Waals surface area contributed by atoms with E-state index in [1.165, 1.54) is 32.1 Å². The van der Waals surface area contributed by atoms with E-state index in [-0.39, 0.29) is 0 Å². The molecule has 1 fully saturated rings. The fraction of sp³-hybridized carbons (Fsp3) is 0.556. The van der Waals surface area contributed by atoms with E-state index in [9.17, 15) is 0 Å². The number of rotatable bonds is 3. The first kappa shape index (κ1) is 15.3. The highest BCUT2D eigenvalue weighted by molar-refractivity contribution is 6.19. The van der Waals surface area contributed by atoms with Crippen molar-refractivity contribution in [1.29, 1.82) is 0 Å². The minimum Gasteiger partial charge on any atom is -0.490 e. The van der Waals surface area contributed by atoms with Crippen LogP contribution in [0.1, 0.15) is 50.2 Å². The molecule has 0 aromatic heterocycles. The molecule has 0 spiro atoms. The molecule has 1 saturated carbocycles. The van der Waals surface area contributed by atoms with Crippen LogP contribution in [-0.2, 0) is 0 Å². The van der Waals surface area contributed by atoms with E-state index in [0.717, 1.165) is 22.8 Å². The zero-order valence-electron chi connectivity index (χ0n) is 12.4. The van der Waals surface area contributed by atoms with Crippen LogP contribution in [0.5, 0.6) is 5.75 Å². The van der Waals surface area contributed by atoms with Crippen LogP contribution in [0.15, 0.2) is 18.2 Å². The standard InChI is InChI=1S/C18H23ClO/c1-3-15-6-9-17(10-7-15)20-18-11-8-16(5-4-12-19)13-14(18)2/h8,11,13,15,17H,3,6-7,9-10,12H2,1-2H3. The summed E-state index contributed by atoms with van der Waals surface area (Å²) in [5.74, 6) is 8.20. The molecule has 2 rings (SSSR count). The molecule has 108 valence electrons. The lowest BCUT2D eigenvalue weighted by Gasteiger charge is -2.28. The van der Waals surface area contributed by atoms with E-state index < -0.39 is 0 Å². The van der Waals surface area contributed by atoms with E-state index in [1.54, 1.807) is 0 Å². The molecule has 0 saturated heterocycles. The minimum absolute atomic E-state index is 0.373. The number of alkyl halides is 1. The summed E-state index contributed by atoms with van der Waals surface area (Å²) in [6.07, 6.45) is 6.67. The molecule has 2 heteroatoms. The summed E-state index contributed by atoms with van der Waals surface area (Å²) in [6, 6.07) is 6.13. The average molecular weight is 291 g/mol. The molecular formula is C18H23ClO. The van der Waals surface area contributed by atoms with Gasteiger partial charge in [-0.25, -0.2) is 0 Å². The Balaban J connectivity index is 1.96. The van der Waals surface area contributed by atoms with Gasteiger partial charge in [-0.15, -0.1) is 11.6 Å². The molecule has 1 aliphatic rings. The Morgan fingerprint density at radius 3 is 2.60 bits per heavy atom. The Hall–Kier alpha value is -1.13. The monoisotopic (exact) mass is 290 g/mol. The third-order valence-corrected chi connectivity index (χ3v) is 4.27. The molecule has 0 amide bonds. The molecule has 0 aliphatic heterocycles. The van der Waals surface area contributed by atoms with Gasteiger partial charge in [-0.2, -0.15) is 0 Å². The molecule has 0 N–H and O–H groups in total. The van der Waals surface area contributed by atoms with Gasteiger partial charge in [-0.3, -0.25) is 0 Å². The maximum atomic E-state index is 6.16. The summed E-state index contributed by atoms with van der Waals surface area (Å²) in [5.41, 5.74) is 2.16. The summed E-state index contributed by atoms with van der Waals surface area (Å²) in [6.45, 7) is 4.37. The summed E-state index contributed by atoms with van der Waals surface area (Å²) in [7, 11) is 0. The smallest absolute Gasteiger partial charge is 0.122 e. The molecule has 0 bridgehead atoms. The molecule has 0 heterocycles. The number of hydrogen-bond acceptors (Lipinski definition) is 1. The van der Waals surface area contributed by atoms with Gasteiger partial charge in [-0.1, -0.05) is 25.2 Å². The van der Waals surface area contributed by atoms with Crippen LogP contribution in [0.25, 0.3) is 0 Å². The van der Waals surface area contributed by atoms with Crippen molar-refractivity contribution in [3.63, 3.8) is 0 Å². The van der Waals surface area contributed by atoms with Crippen LogP contribution in [0.2, 0.25) is 0 Å². The van der Waals surface area contributed by atoms with Gasteiger partial charge >= 0.3 is 0 Å². The normalized spacial score (nSPS) is 21.9. The second kappa shape index (κ2) is 7.60. The first-order chi connectivity index (χ1) is 9.72. The van der Waals surface area contributed by atoms with Crippen molar-refractivity contribution >= 4 is 11.6 Å². The molecule has 20 heavy (non-hydrogen) atoms. The van der Waals surface area contributed by atoms with Gasteiger partial charge in [0.15, 0.2) is 0 Å². The van der Waals surface area contributed by atoms with Crippen LogP contribution in [0, 0.1) is 24.7 Å². The summed E-state index contributed by atoms with van der Waals surface area (Å²) in [5, 5.41) is 0. The molecule has 1 nitrogen and oxygen atoms in total. The number of benzene rings is 1. The predicted octanol–water partition coefficient (Wildman–Crippen LogP) is 4.93. The second-order valence-corrected chi connectivity index (χ2v) is 5.85. The van der Waals surface area contributed by atoms with Crippen molar-refractivity contribution in [3.05, 3.63) is 29.3 Å². The van der Waals surface area contributed by atoms with Gasteiger partial charge in [0.05, 0.1) is 12.0 Å². The largest absolute Gasteiger partial charge is 0.490 e. The fourth-order valence-electron chi connectivity index (χ4n) is 2.83. The van der Waals surface area contributed by atoms with E-state index in [0.29, 0.717) is 12.0 Å². The zero-order chi connectivity index (χ0) is 14.4. The third-order valence-electron chi connectivity index (χ3n) is 4.14. The lowest BCUT2D eigenvalue weighted by molar-refractivity contribution is 0.129. The van der Waals surface area contributed by atoms with Crippen LogP contribution in [0.3, 0.4) is 0 Å². The van der Waals surface area contributed by atoms with Crippen molar-refractivity contribution in [2.75, 3.05) is 5.88 Å². The van der Waals surface area contributed by atoms with Crippen molar-refractivity contribution in [2.24, 2.45) is 5.92 Å². The van der Waals surface area contributed by atoms with Crippen molar-refractivity contribution in [1.82, 2.24) is 0 Å². The molecule has 1 aliphatic carbocycles. The number of aryl methyl sites for hydroxylation is 1. The summed E-state index contributed by atoms with van der Waals surface area (Å²) < 4.78 is 6.16. The minimum atomic E-state index is 0.373. The highest BCUT2D eigenvalue weighted by atomic mass is 35.5. The molecule has 0 unspecified atom stereocenters. The molecule has 0 radical (unpaired) electrons. The van der Waals surface area contributed by atoms with Crippen LogP contribution >= 0.6 is 11.6 Å². The van der Waals surface area contributed by atoms with Gasteiger partial charge < -0.3 is 4.74 Å². The molecule has 1 aromatic rings. The van der Waals surface area contributed by atoms with E-state index in [4.69, 9.17) is 16.3 Å². The van der Waals surface area contributed by atoms with E-state index in [1.807, 2.05) is 12.1 Å². The topological polar surface area (TPSA) is 9.23 Å². The Bertz CT molecular complexity index is 490. The first-order valence-corrected chi connectivity index (χ1v) is 8.08. The second-order valence-electron chi connectivity index (χ2n) is 5.58. The van der Waals surface area contributed by atoms with Crippen LogP contribution < -0.4 is 4.74 Å². The first-order valence-electron chi connectivity index (χ1n) is 7.55. The maximum Gasteiger partial charge on any atom is 0.122 e. The van der Waals surface area contributed by atoms with Gasteiger partial charge in [0.25, 0.3) is 0 Å². The molecule has 0 atom stereocenters. The van der Waals surface area contributed by atoms with Crippen molar-refractivity contribution in [3.8, 4) is 17.6 Å². The van der Waals surface area contributed by atoms with Gasteiger partial charge in [0.1, 0.15) is 5.75 Å². The van der Waals surface area contributed by atoms with Gasteiger partial charge in [0.2, 0.25) is 0 Å². The Kier molecular flexibility index (Phi) is 5.80. The molecular weight excluding hydrogens is 268 g/mol. The van der Waals surface area contributed by atoms with Crippen LogP contribution in [0.4, 0.5) is 0 Å². The Morgan fingerprint density at radius 2 is 2.00 bits per heavy atom. The fourth-order valence-corrected chi connectivity index (χ4v) is 2.90. The van der Waals surface area contributed by atoms with Gasteiger partial charge in [0, 0.05) is 5.56 Å². The van der Waals surface area contributed by atoms with Crippen LogP contribution in [-0.4, -0.2) is 12.0 Å². The van der Waals surface area contributed by atoms with Gasteiger partial charge in [-0.05, 0) is 62.3 Å². The third kappa shape index (κ3) is 4.18. The summed E-state index contributed by atoms with van der Waals surface area (Å²) in [4.78, 5) is 0. The van der Waals surface area contributed by atoms with E-state index >= 15 is 0 Å². The average Bonchev–Trinajstić information content (AvgIpc) is 2.48. The Labute approximate surface area is 127 Å². The predicted molar refractivity (Wildman–Crippen MR) is 85.4 cm³/mol. The Morgan fingerprint density at radius 1 is 1.25 bits per heavy atom. The molecule has 1 aromatic carbocycles. The summed E-state index contributed by atoms with van der Waals surface area (Å²) >= 11 is 5.58. The SMILES string of the molecule is CCC1CCC(Oc2ccc(C#CCCl)cc2C)CC1. The number of hydrogen-bond donors (Lipinski definition) is 0. The zero-order valence-corrected chi connectivity index (χ0v) is 13.2. The quantitative estimate of drug-likeness (QED) is 0.566.